The van der Waals surface area contributed by atoms with Crippen LogP contribution in [0, 0.1) is 0 Å². The Labute approximate surface area is 151 Å². The predicted molar refractivity (Wildman–Crippen MR) is 100 cm³/mol. The van der Waals surface area contributed by atoms with Gasteiger partial charge in [0.1, 0.15) is 0 Å². The second-order valence-electron chi connectivity index (χ2n) is 5.51. The Balaban J connectivity index is 0.00000208. The summed E-state index contributed by atoms with van der Waals surface area (Å²) in [4.78, 5) is 26.1. The highest BCUT2D eigenvalue weighted by molar-refractivity contribution is 7.08. The number of hydrogen-bond donors (Lipinski definition) is 2. The van der Waals surface area contributed by atoms with E-state index in [1.165, 1.54) is 11.3 Å². The molecule has 1 aliphatic rings. The van der Waals surface area contributed by atoms with Crippen molar-refractivity contribution in [3.63, 3.8) is 0 Å². The summed E-state index contributed by atoms with van der Waals surface area (Å²) in [6.07, 6.45) is 2.10. The fourth-order valence-corrected chi connectivity index (χ4v) is 3.46. The lowest BCUT2D eigenvalue weighted by Gasteiger charge is -2.30. The van der Waals surface area contributed by atoms with Gasteiger partial charge < -0.3 is 16.0 Å². The number of nitrogens with zero attached hydrogens (tertiary/aromatic N) is 1. The highest BCUT2D eigenvalue weighted by Crippen LogP contribution is 2.31. The minimum atomic E-state index is -0.137. The molecule has 2 heterocycles. The van der Waals surface area contributed by atoms with Crippen molar-refractivity contribution in [2.75, 3.05) is 23.7 Å². The maximum Gasteiger partial charge on any atom is 0.252 e. The average molecular weight is 366 g/mol. The molecule has 0 saturated carbocycles. The van der Waals surface area contributed by atoms with Gasteiger partial charge >= 0.3 is 0 Å². The van der Waals surface area contributed by atoms with Gasteiger partial charge in [-0.1, -0.05) is 6.07 Å². The second kappa shape index (κ2) is 8.17. The Kier molecular flexibility index (Phi) is 6.23. The first-order valence-corrected chi connectivity index (χ1v) is 8.59. The number of amides is 2. The monoisotopic (exact) mass is 365 g/mol. The van der Waals surface area contributed by atoms with Crippen LogP contribution in [0.1, 0.15) is 28.8 Å². The summed E-state index contributed by atoms with van der Waals surface area (Å²) >= 11 is 1.48. The van der Waals surface area contributed by atoms with Crippen molar-refractivity contribution in [3.05, 3.63) is 46.2 Å². The van der Waals surface area contributed by atoms with Crippen molar-refractivity contribution >= 4 is 46.9 Å². The third kappa shape index (κ3) is 3.88. The largest absolute Gasteiger partial charge is 0.398 e. The molecule has 2 amide bonds. The molecule has 0 atom stereocenters. The minimum absolute atomic E-state index is 0. The number of thiophene rings is 1. The van der Waals surface area contributed by atoms with Crippen LogP contribution in [-0.2, 0) is 11.2 Å². The third-order valence-corrected chi connectivity index (χ3v) is 4.68. The summed E-state index contributed by atoms with van der Waals surface area (Å²) in [5.41, 5.74) is 9.34. The highest BCUT2D eigenvalue weighted by Gasteiger charge is 2.23. The lowest BCUT2D eigenvalue weighted by Crippen LogP contribution is -2.38. The molecule has 0 bridgehead atoms. The van der Waals surface area contributed by atoms with Gasteiger partial charge in [0, 0.05) is 41.8 Å². The number of rotatable bonds is 4. The fraction of sp³-hybridized carbons (Fsp3) is 0.294. The van der Waals surface area contributed by atoms with E-state index < -0.39 is 0 Å². The molecule has 24 heavy (non-hydrogen) atoms. The van der Waals surface area contributed by atoms with E-state index in [0.29, 0.717) is 18.7 Å². The van der Waals surface area contributed by atoms with Crippen LogP contribution in [0.2, 0.25) is 0 Å². The molecule has 7 heteroatoms. The Morgan fingerprint density at radius 2 is 2.12 bits per heavy atom. The first-order valence-electron chi connectivity index (χ1n) is 7.65. The number of nitrogens with two attached hydrogens (primary N) is 1. The molecule has 5 nitrogen and oxygen atoms in total. The first kappa shape index (κ1) is 18.3. The molecule has 3 rings (SSSR count). The van der Waals surface area contributed by atoms with Crippen molar-refractivity contribution in [3.8, 4) is 0 Å². The molecule has 3 N–H and O–H groups in total. The zero-order valence-corrected chi connectivity index (χ0v) is 14.8. The molecular formula is C17H20ClN3O2S. The maximum absolute atomic E-state index is 12.5. The number of carbonyl (C=O) groups excluding carboxylic acids is 2. The van der Waals surface area contributed by atoms with Crippen molar-refractivity contribution < 1.29 is 9.59 Å². The number of benzene rings is 1. The summed E-state index contributed by atoms with van der Waals surface area (Å²) in [7, 11) is 0. The van der Waals surface area contributed by atoms with E-state index >= 15 is 0 Å². The number of anilines is 2. The zero-order chi connectivity index (χ0) is 16.2. The molecule has 0 fully saturated rings. The van der Waals surface area contributed by atoms with Crippen molar-refractivity contribution in [1.29, 1.82) is 0 Å². The van der Waals surface area contributed by atoms with Gasteiger partial charge in [0.05, 0.1) is 0 Å². The van der Waals surface area contributed by atoms with E-state index in [4.69, 9.17) is 5.73 Å². The van der Waals surface area contributed by atoms with Crippen LogP contribution >= 0.6 is 23.7 Å². The number of nitrogen functional groups attached to an aromatic ring is 1. The van der Waals surface area contributed by atoms with Crippen LogP contribution in [0.3, 0.4) is 0 Å². The number of nitrogens with one attached hydrogen (secondary N) is 1. The molecule has 1 aromatic heterocycles. The van der Waals surface area contributed by atoms with E-state index in [9.17, 15) is 9.59 Å². The Hall–Kier alpha value is -2.05. The average Bonchev–Trinajstić information content (AvgIpc) is 3.09. The molecule has 2 aromatic rings. The van der Waals surface area contributed by atoms with Gasteiger partial charge in [-0.05, 0) is 42.0 Å². The lowest BCUT2D eigenvalue weighted by atomic mass is 9.99. The summed E-state index contributed by atoms with van der Waals surface area (Å²) in [6, 6.07) is 7.45. The van der Waals surface area contributed by atoms with Crippen LogP contribution in [0.5, 0.6) is 0 Å². The number of fused-ring (bicyclic) bond motifs is 1. The standard InChI is InChI=1S/C17H19N3O2S.ClH/c18-14-4-1-5-15-13(14)3-2-9-20(15)16(21)6-8-19-17(22)12-7-10-23-11-12;/h1,4-5,7,10-11H,2-3,6,8-9,18H2,(H,19,22);1H. The van der Waals surface area contributed by atoms with E-state index in [-0.39, 0.29) is 30.6 Å². The van der Waals surface area contributed by atoms with Crippen LogP contribution in [0.4, 0.5) is 11.4 Å². The SMILES string of the molecule is Cl.Nc1cccc2c1CCCN2C(=O)CCNC(=O)c1ccsc1. The maximum atomic E-state index is 12.5. The van der Waals surface area contributed by atoms with Gasteiger partial charge in [-0.15, -0.1) is 12.4 Å². The minimum Gasteiger partial charge on any atom is -0.398 e. The smallest absolute Gasteiger partial charge is 0.252 e. The highest BCUT2D eigenvalue weighted by atomic mass is 35.5. The molecule has 0 aliphatic carbocycles. The number of halogens is 1. The van der Waals surface area contributed by atoms with Gasteiger partial charge in [-0.25, -0.2) is 0 Å². The van der Waals surface area contributed by atoms with Crippen LogP contribution in [0.15, 0.2) is 35.0 Å². The molecule has 0 radical (unpaired) electrons. The third-order valence-electron chi connectivity index (χ3n) is 4.00. The quantitative estimate of drug-likeness (QED) is 0.818. The second-order valence-corrected chi connectivity index (χ2v) is 6.29. The number of carbonyl (C=O) groups is 2. The van der Waals surface area contributed by atoms with Crippen molar-refractivity contribution in [1.82, 2.24) is 5.32 Å². The summed E-state index contributed by atoms with van der Waals surface area (Å²) < 4.78 is 0. The molecule has 0 spiro atoms. The number of hydrogen-bond acceptors (Lipinski definition) is 4. The van der Waals surface area contributed by atoms with Crippen LogP contribution < -0.4 is 16.0 Å². The van der Waals surface area contributed by atoms with E-state index in [1.807, 2.05) is 23.6 Å². The van der Waals surface area contributed by atoms with Gasteiger partial charge in [-0.2, -0.15) is 11.3 Å². The summed E-state index contributed by atoms with van der Waals surface area (Å²) in [5, 5.41) is 6.43. The molecule has 0 saturated heterocycles. The molecule has 1 aliphatic heterocycles. The first-order chi connectivity index (χ1) is 11.2. The van der Waals surface area contributed by atoms with E-state index in [2.05, 4.69) is 5.32 Å². The molecular weight excluding hydrogens is 346 g/mol. The Morgan fingerprint density at radius 3 is 2.88 bits per heavy atom. The van der Waals surface area contributed by atoms with E-state index in [1.54, 1.807) is 16.3 Å². The van der Waals surface area contributed by atoms with Gasteiger partial charge in [0.2, 0.25) is 5.91 Å². The van der Waals surface area contributed by atoms with Crippen molar-refractivity contribution in [2.45, 2.75) is 19.3 Å². The topological polar surface area (TPSA) is 75.4 Å². The van der Waals surface area contributed by atoms with Gasteiger partial charge in [-0.3, -0.25) is 9.59 Å². The van der Waals surface area contributed by atoms with Crippen molar-refractivity contribution in [2.24, 2.45) is 0 Å². The van der Waals surface area contributed by atoms with Gasteiger partial charge in [0.25, 0.3) is 5.91 Å². The Bertz CT molecular complexity index is 719. The zero-order valence-electron chi connectivity index (χ0n) is 13.2. The fourth-order valence-electron chi connectivity index (χ4n) is 2.82. The van der Waals surface area contributed by atoms with Crippen LogP contribution in [0.25, 0.3) is 0 Å². The van der Waals surface area contributed by atoms with E-state index in [0.717, 1.165) is 29.8 Å². The molecule has 128 valence electrons. The Morgan fingerprint density at radius 1 is 1.29 bits per heavy atom. The molecule has 0 unspecified atom stereocenters. The summed E-state index contributed by atoms with van der Waals surface area (Å²) in [5.74, 6) is -0.121. The van der Waals surface area contributed by atoms with Crippen LogP contribution in [-0.4, -0.2) is 24.9 Å². The van der Waals surface area contributed by atoms with Gasteiger partial charge in [0.15, 0.2) is 0 Å². The lowest BCUT2D eigenvalue weighted by molar-refractivity contribution is -0.118. The normalized spacial score (nSPS) is 12.9. The molecule has 1 aromatic carbocycles. The summed E-state index contributed by atoms with van der Waals surface area (Å²) in [6.45, 7) is 1.04. The predicted octanol–water partition coefficient (Wildman–Crippen LogP) is 2.85.